The van der Waals surface area contributed by atoms with E-state index in [1.807, 2.05) is 29.8 Å². The first kappa shape index (κ1) is 17.8. The van der Waals surface area contributed by atoms with Gasteiger partial charge in [0.25, 0.3) is 0 Å². The quantitative estimate of drug-likeness (QED) is 0.574. The lowest BCUT2D eigenvalue weighted by Gasteiger charge is -2.08. The molecule has 2 N–H and O–H groups in total. The highest BCUT2D eigenvalue weighted by molar-refractivity contribution is 7.15. The van der Waals surface area contributed by atoms with Gasteiger partial charge in [0.05, 0.1) is 12.2 Å². The van der Waals surface area contributed by atoms with Crippen molar-refractivity contribution in [3.05, 3.63) is 52.5 Å². The number of carbonyl (C=O) groups excluding carboxylic acids is 2. The molecule has 4 rings (SSSR count). The number of ether oxygens (including phenoxy) is 1. The number of thiophene rings is 1. The molecular formula is C21H22N2O3S. The van der Waals surface area contributed by atoms with Gasteiger partial charge in [-0.15, -0.1) is 11.3 Å². The fourth-order valence-electron chi connectivity index (χ4n) is 3.35. The summed E-state index contributed by atoms with van der Waals surface area (Å²) >= 11 is 1.41. The number of para-hydroxylation sites is 1. The third-order valence-corrected chi connectivity index (χ3v) is 5.78. The van der Waals surface area contributed by atoms with E-state index in [2.05, 4.69) is 16.4 Å². The van der Waals surface area contributed by atoms with Crippen molar-refractivity contribution < 1.29 is 14.3 Å². The smallest absolute Gasteiger partial charge is 0.341 e. The third kappa shape index (κ3) is 3.76. The predicted octanol–water partition coefficient (Wildman–Crippen LogP) is 4.85. The molecule has 140 valence electrons. The van der Waals surface area contributed by atoms with Gasteiger partial charge < -0.3 is 15.0 Å². The van der Waals surface area contributed by atoms with Crippen molar-refractivity contribution in [2.24, 2.45) is 0 Å². The Labute approximate surface area is 161 Å². The number of aryl methyl sites for hydroxylation is 1. The number of hydrogen-bond donors (Lipinski definition) is 2. The molecule has 0 aliphatic heterocycles. The van der Waals surface area contributed by atoms with Gasteiger partial charge in [0, 0.05) is 23.5 Å². The molecule has 0 spiro atoms. The second kappa shape index (κ2) is 7.56. The van der Waals surface area contributed by atoms with Crippen LogP contribution < -0.4 is 5.32 Å². The molecular weight excluding hydrogens is 360 g/mol. The van der Waals surface area contributed by atoms with Crippen LogP contribution in [0.5, 0.6) is 0 Å². The average molecular weight is 382 g/mol. The molecule has 1 aliphatic carbocycles. The number of amides is 1. The Morgan fingerprint density at radius 1 is 1.30 bits per heavy atom. The highest BCUT2D eigenvalue weighted by Crippen LogP contribution is 2.46. The summed E-state index contributed by atoms with van der Waals surface area (Å²) in [5.41, 5.74) is 3.76. The number of H-pyrrole nitrogens is 1. The van der Waals surface area contributed by atoms with Crippen molar-refractivity contribution >= 4 is 39.1 Å². The SMILES string of the molecule is CCOC(=O)c1c(C2CC2)csc1NC(=O)CCc1c[nH]c2ccccc12. The molecule has 0 radical (unpaired) electrons. The monoisotopic (exact) mass is 382 g/mol. The van der Waals surface area contributed by atoms with Crippen molar-refractivity contribution in [1.29, 1.82) is 0 Å². The van der Waals surface area contributed by atoms with E-state index >= 15 is 0 Å². The number of hydrogen-bond acceptors (Lipinski definition) is 4. The van der Waals surface area contributed by atoms with Gasteiger partial charge in [-0.25, -0.2) is 4.79 Å². The highest BCUT2D eigenvalue weighted by Gasteiger charge is 2.32. The molecule has 1 aromatic carbocycles. The lowest BCUT2D eigenvalue weighted by Crippen LogP contribution is -2.15. The Balaban J connectivity index is 1.45. The molecule has 0 unspecified atom stereocenters. The molecule has 1 aliphatic rings. The van der Waals surface area contributed by atoms with Gasteiger partial charge in [0.15, 0.2) is 0 Å². The number of nitrogens with one attached hydrogen (secondary N) is 2. The zero-order chi connectivity index (χ0) is 18.8. The van der Waals surface area contributed by atoms with Crippen LogP contribution in [0.15, 0.2) is 35.8 Å². The lowest BCUT2D eigenvalue weighted by atomic mass is 10.1. The van der Waals surface area contributed by atoms with E-state index in [0.29, 0.717) is 35.9 Å². The first-order valence-corrected chi connectivity index (χ1v) is 10.2. The largest absolute Gasteiger partial charge is 0.462 e. The fourth-order valence-corrected chi connectivity index (χ4v) is 4.39. The maximum Gasteiger partial charge on any atom is 0.341 e. The molecule has 0 bridgehead atoms. The minimum atomic E-state index is -0.340. The van der Waals surface area contributed by atoms with Gasteiger partial charge in [0.2, 0.25) is 5.91 Å². The predicted molar refractivity (Wildman–Crippen MR) is 107 cm³/mol. The van der Waals surface area contributed by atoms with Gasteiger partial charge in [-0.1, -0.05) is 18.2 Å². The van der Waals surface area contributed by atoms with E-state index in [0.717, 1.165) is 34.9 Å². The zero-order valence-corrected chi connectivity index (χ0v) is 16.0. The Bertz CT molecular complexity index is 984. The minimum Gasteiger partial charge on any atom is -0.462 e. The molecule has 6 heteroatoms. The standard InChI is InChI=1S/C21H22N2O3S/c1-2-26-21(25)19-16(13-7-8-13)12-27-20(19)23-18(24)10-9-14-11-22-17-6-4-3-5-15(14)17/h3-6,11-13,22H,2,7-10H2,1H3,(H,23,24). The van der Waals surface area contributed by atoms with Crippen LogP contribution in [-0.2, 0) is 16.0 Å². The van der Waals surface area contributed by atoms with E-state index in [9.17, 15) is 9.59 Å². The summed E-state index contributed by atoms with van der Waals surface area (Å²) in [7, 11) is 0. The maximum atomic E-state index is 12.5. The van der Waals surface area contributed by atoms with Crippen LogP contribution in [0.3, 0.4) is 0 Å². The summed E-state index contributed by atoms with van der Waals surface area (Å²) in [6.07, 6.45) is 5.15. The molecule has 5 nitrogen and oxygen atoms in total. The molecule has 1 fully saturated rings. The van der Waals surface area contributed by atoms with Crippen LogP contribution >= 0.6 is 11.3 Å². The number of aromatic amines is 1. The second-order valence-corrected chi connectivity index (χ2v) is 7.68. The van der Waals surface area contributed by atoms with Crippen molar-refractivity contribution in [3.63, 3.8) is 0 Å². The van der Waals surface area contributed by atoms with Crippen LogP contribution in [0, 0.1) is 0 Å². The second-order valence-electron chi connectivity index (χ2n) is 6.80. The van der Waals surface area contributed by atoms with Crippen molar-refractivity contribution in [3.8, 4) is 0 Å². The van der Waals surface area contributed by atoms with Crippen LogP contribution in [0.1, 0.15) is 53.6 Å². The number of fused-ring (bicyclic) bond motifs is 1. The minimum absolute atomic E-state index is 0.0879. The van der Waals surface area contributed by atoms with Gasteiger partial charge in [0.1, 0.15) is 5.00 Å². The van der Waals surface area contributed by atoms with Crippen LogP contribution in [0.2, 0.25) is 0 Å². The molecule has 1 amide bonds. The highest BCUT2D eigenvalue weighted by atomic mass is 32.1. The molecule has 2 aromatic heterocycles. The number of rotatable bonds is 7. The van der Waals surface area contributed by atoms with Crippen molar-refractivity contribution in [2.75, 3.05) is 11.9 Å². The summed E-state index contributed by atoms with van der Waals surface area (Å²) in [6.45, 7) is 2.12. The number of benzene rings is 1. The van der Waals surface area contributed by atoms with Gasteiger partial charge in [-0.05, 0) is 54.7 Å². The fraction of sp³-hybridized carbons (Fsp3) is 0.333. The van der Waals surface area contributed by atoms with E-state index in [4.69, 9.17) is 4.74 Å². The van der Waals surface area contributed by atoms with Crippen LogP contribution in [0.4, 0.5) is 5.00 Å². The Hall–Kier alpha value is -2.60. The normalized spacial score (nSPS) is 13.7. The average Bonchev–Trinajstić information content (AvgIpc) is 3.30. The van der Waals surface area contributed by atoms with E-state index in [1.165, 1.54) is 11.3 Å². The number of anilines is 1. The van der Waals surface area contributed by atoms with Crippen LogP contribution in [-0.4, -0.2) is 23.5 Å². The summed E-state index contributed by atoms with van der Waals surface area (Å²) in [6, 6.07) is 8.06. The topological polar surface area (TPSA) is 71.2 Å². The summed E-state index contributed by atoms with van der Waals surface area (Å²) in [4.78, 5) is 28.1. The molecule has 3 aromatic rings. The van der Waals surface area contributed by atoms with E-state index in [-0.39, 0.29) is 11.9 Å². The molecule has 27 heavy (non-hydrogen) atoms. The molecule has 0 atom stereocenters. The third-order valence-electron chi connectivity index (χ3n) is 4.87. The van der Waals surface area contributed by atoms with Crippen molar-refractivity contribution in [1.82, 2.24) is 4.98 Å². The maximum absolute atomic E-state index is 12.5. The lowest BCUT2D eigenvalue weighted by molar-refractivity contribution is -0.116. The van der Waals surface area contributed by atoms with Gasteiger partial charge >= 0.3 is 5.97 Å². The Morgan fingerprint density at radius 2 is 2.11 bits per heavy atom. The van der Waals surface area contributed by atoms with Gasteiger partial charge in [-0.3, -0.25) is 4.79 Å². The van der Waals surface area contributed by atoms with E-state index < -0.39 is 0 Å². The number of esters is 1. The van der Waals surface area contributed by atoms with Crippen molar-refractivity contribution in [2.45, 2.75) is 38.5 Å². The number of carbonyl (C=O) groups is 2. The molecule has 2 heterocycles. The Morgan fingerprint density at radius 3 is 2.89 bits per heavy atom. The zero-order valence-electron chi connectivity index (χ0n) is 15.2. The van der Waals surface area contributed by atoms with E-state index in [1.54, 1.807) is 6.92 Å². The Kier molecular flexibility index (Phi) is 4.99. The number of aromatic nitrogens is 1. The molecule has 1 saturated carbocycles. The molecule has 0 saturated heterocycles. The first-order chi connectivity index (χ1) is 13.2. The summed E-state index contributed by atoms with van der Waals surface area (Å²) in [5, 5.41) is 6.67. The van der Waals surface area contributed by atoms with Crippen LogP contribution in [0.25, 0.3) is 10.9 Å². The summed E-state index contributed by atoms with van der Waals surface area (Å²) < 4.78 is 5.21. The summed E-state index contributed by atoms with van der Waals surface area (Å²) in [5.74, 6) is 0.000124. The first-order valence-electron chi connectivity index (χ1n) is 9.30. The van der Waals surface area contributed by atoms with Gasteiger partial charge in [-0.2, -0.15) is 0 Å².